The first-order chi connectivity index (χ1) is 7.68. The number of allylic oxidation sites excluding steroid dienone is 4. The van der Waals surface area contributed by atoms with Crippen LogP contribution in [0.3, 0.4) is 0 Å². The van der Waals surface area contributed by atoms with E-state index in [-0.39, 0.29) is 25.7 Å². The summed E-state index contributed by atoms with van der Waals surface area (Å²) in [6.07, 6.45) is -0.552. The largest absolute Gasteiger partial charge is 0.481 e. The Morgan fingerprint density at radius 1 is 1.06 bits per heavy atom. The van der Waals surface area contributed by atoms with Crippen molar-refractivity contribution in [2.45, 2.75) is 13.3 Å². The second-order valence-corrected chi connectivity index (χ2v) is 4.54. The van der Waals surface area contributed by atoms with E-state index in [9.17, 15) is 9.59 Å². The predicted octanol–water partition coefficient (Wildman–Crippen LogP) is 3.98. The predicted molar refractivity (Wildman–Crippen MR) is 69.5 cm³/mol. The van der Waals surface area contributed by atoms with Crippen molar-refractivity contribution in [2.24, 2.45) is 0 Å². The molecule has 0 aromatic heterocycles. The molecule has 0 aromatic carbocycles. The number of carboxylic acid groups (broad SMARTS) is 1. The third kappa shape index (κ3) is 5.13. The minimum atomic E-state index is -1.21. The number of hydrogen-bond donors (Lipinski definition) is 1. The van der Waals surface area contributed by atoms with E-state index in [1.165, 1.54) is 6.92 Å². The summed E-state index contributed by atoms with van der Waals surface area (Å²) in [7, 11) is 0. The molecule has 0 aromatic rings. The van der Waals surface area contributed by atoms with Gasteiger partial charge in [0, 0.05) is 5.57 Å². The van der Waals surface area contributed by atoms with E-state index in [0.29, 0.717) is 0 Å². The average molecular weight is 318 g/mol. The third-order valence-electron chi connectivity index (χ3n) is 1.64. The van der Waals surface area contributed by atoms with E-state index in [4.69, 9.17) is 51.5 Å². The maximum Gasteiger partial charge on any atom is 0.308 e. The van der Waals surface area contributed by atoms with E-state index in [1.54, 1.807) is 0 Å². The summed E-state index contributed by atoms with van der Waals surface area (Å²) in [4.78, 5) is 21.8. The summed E-state index contributed by atoms with van der Waals surface area (Å²) in [5.74, 6) is -1.72. The highest BCUT2D eigenvalue weighted by Crippen LogP contribution is 2.33. The number of Topliss-reactive ketones (excluding diaryl/α,β-unsaturated/α-hetero) is 1. The standard InChI is InChI=1S/C10H8Cl4O3/c1-4(11)8(12)10(14)9(13)6(5(2)15)3-7(16)17/h1,3H2,2H3,(H,16,17). The second-order valence-electron chi connectivity index (χ2n) is 2.95. The van der Waals surface area contributed by atoms with Crippen LogP contribution in [0.5, 0.6) is 0 Å². The minimum absolute atomic E-state index is 0.0620. The van der Waals surface area contributed by atoms with Crippen molar-refractivity contribution in [3.63, 3.8) is 0 Å². The molecule has 17 heavy (non-hydrogen) atoms. The zero-order chi connectivity index (χ0) is 13.7. The highest BCUT2D eigenvalue weighted by atomic mass is 35.5. The lowest BCUT2D eigenvalue weighted by molar-refractivity contribution is -0.136. The van der Waals surface area contributed by atoms with Crippen LogP contribution in [0.25, 0.3) is 0 Å². The molecule has 0 spiro atoms. The minimum Gasteiger partial charge on any atom is -0.481 e. The summed E-state index contributed by atoms with van der Waals surface area (Å²) in [5, 5.41) is 7.98. The van der Waals surface area contributed by atoms with Crippen LogP contribution < -0.4 is 0 Å². The molecule has 0 bridgehead atoms. The Morgan fingerprint density at radius 2 is 1.53 bits per heavy atom. The number of halogens is 4. The van der Waals surface area contributed by atoms with Gasteiger partial charge in [-0.3, -0.25) is 9.59 Å². The topological polar surface area (TPSA) is 54.4 Å². The normalized spacial score (nSPS) is 13.7. The van der Waals surface area contributed by atoms with Gasteiger partial charge >= 0.3 is 5.97 Å². The first kappa shape index (κ1) is 16.5. The summed E-state index contributed by atoms with van der Waals surface area (Å²) in [6, 6.07) is 0. The van der Waals surface area contributed by atoms with E-state index in [2.05, 4.69) is 6.58 Å². The molecular weight excluding hydrogens is 310 g/mol. The molecule has 0 saturated carbocycles. The van der Waals surface area contributed by atoms with Crippen molar-refractivity contribution < 1.29 is 14.7 Å². The summed E-state index contributed by atoms with van der Waals surface area (Å²) in [5.41, 5.74) is -0.153. The van der Waals surface area contributed by atoms with Gasteiger partial charge in [-0.05, 0) is 6.92 Å². The molecule has 0 amide bonds. The van der Waals surface area contributed by atoms with Crippen LogP contribution in [0.2, 0.25) is 0 Å². The quantitative estimate of drug-likeness (QED) is 0.616. The highest BCUT2D eigenvalue weighted by molar-refractivity contribution is 6.52. The highest BCUT2D eigenvalue weighted by Gasteiger charge is 2.18. The van der Waals surface area contributed by atoms with Gasteiger partial charge in [0.15, 0.2) is 5.78 Å². The molecule has 0 aliphatic rings. The lowest BCUT2D eigenvalue weighted by atomic mass is 10.1. The molecule has 0 unspecified atom stereocenters. The summed E-state index contributed by atoms with van der Waals surface area (Å²) >= 11 is 22.8. The van der Waals surface area contributed by atoms with Crippen LogP contribution in [0.4, 0.5) is 0 Å². The Bertz CT molecular complexity index is 435. The molecule has 0 fully saturated rings. The molecule has 7 heteroatoms. The van der Waals surface area contributed by atoms with Crippen molar-refractivity contribution in [1.29, 1.82) is 0 Å². The maximum atomic E-state index is 11.2. The molecule has 94 valence electrons. The van der Waals surface area contributed by atoms with E-state index >= 15 is 0 Å². The molecule has 0 saturated heterocycles. The van der Waals surface area contributed by atoms with Gasteiger partial charge in [0.25, 0.3) is 0 Å². The van der Waals surface area contributed by atoms with Gasteiger partial charge < -0.3 is 5.11 Å². The maximum absolute atomic E-state index is 11.2. The number of hydrogen-bond acceptors (Lipinski definition) is 2. The van der Waals surface area contributed by atoms with Gasteiger partial charge in [-0.25, -0.2) is 0 Å². The molecular formula is C10H8Cl4O3. The van der Waals surface area contributed by atoms with Crippen molar-refractivity contribution in [1.82, 2.24) is 0 Å². The van der Waals surface area contributed by atoms with Crippen molar-refractivity contribution in [3.05, 3.63) is 32.3 Å². The Balaban J connectivity index is 5.65. The fourth-order valence-corrected chi connectivity index (χ4v) is 1.66. The molecule has 1 N–H and O–H groups in total. The monoisotopic (exact) mass is 316 g/mol. The van der Waals surface area contributed by atoms with Crippen molar-refractivity contribution in [3.8, 4) is 0 Å². The van der Waals surface area contributed by atoms with Gasteiger partial charge in [-0.15, -0.1) is 0 Å². The van der Waals surface area contributed by atoms with Crippen LogP contribution in [0.15, 0.2) is 32.3 Å². The summed E-state index contributed by atoms with van der Waals surface area (Å²) in [6.45, 7) is 4.51. The van der Waals surface area contributed by atoms with Gasteiger partial charge in [0.1, 0.15) is 0 Å². The molecule has 0 aliphatic carbocycles. The van der Waals surface area contributed by atoms with Crippen LogP contribution in [-0.4, -0.2) is 16.9 Å². The molecule has 0 rings (SSSR count). The summed E-state index contributed by atoms with van der Waals surface area (Å²) < 4.78 is 0. The van der Waals surface area contributed by atoms with Gasteiger partial charge in [-0.2, -0.15) is 0 Å². The zero-order valence-electron chi connectivity index (χ0n) is 8.69. The fraction of sp³-hybridized carbons (Fsp3) is 0.200. The van der Waals surface area contributed by atoms with Crippen LogP contribution in [-0.2, 0) is 9.59 Å². The number of rotatable bonds is 5. The molecule has 0 radical (unpaired) electrons. The van der Waals surface area contributed by atoms with E-state index in [1.807, 2.05) is 0 Å². The van der Waals surface area contributed by atoms with Gasteiger partial charge in [0.2, 0.25) is 0 Å². The Kier molecular flexibility index (Phi) is 6.87. The smallest absolute Gasteiger partial charge is 0.308 e. The Morgan fingerprint density at radius 3 is 1.82 bits per heavy atom. The van der Waals surface area contributed by atoms with Crippen LogP contribution >= 0.6 is 46.4 Å². The zero-order valence-corrected chi connectivity index (χ0v) is 11.7. The van der Waals surface area contributed by atoms with Crippen molar-refractivity contribution >= 4 is 58.2 Å². The number of carboxylic acids is 1. The number of carbonyl (C=O) groups is 2. The van der Waals surface area contributed by atoms with Gasteiger partial charge in [0.05, 0.1) is 26.5 Å². The molecule has 0 aliphatic heterocycles. The molecule has 0 heterocycles. The lowest BCUT2D eigenvalue weighted by Gasteiger charge is -2.06. The molecule has 3 nitrogen and oxygen atoms in total. The first-order valence-corrected chi connectivity index (χ1v) is 5.71. The second kappa shape index (κ2) is 7.07. The SMILES string of the molecule is C=C(Cl)C(Cl)=C(Cl)C(Cl)=C(CC(=O)O)C(C)=O. The average Bonchev–Trinajstić information content (AvgIpc) is 2.21. The number of ketones is 1. The van der Waals surface area contributed by atoms with E-state index in [0.717, 1.165) is 0 Å². The first-order valence-electron chi connectivity index (χ1n) is 4.20. The van der Waals surface area contributed by atoms with Crippen LogP contribution in [0, 0.1) is 0 Å². The van der Waals surface area contributed by atoms with Crippen LogP contribution in [0.1, 0.15) is 13.3 Å². The Labute approximate surface area is 118 Å². The number of carbonyl (C=O) groups excluding carboxylic acids is 1. The fourth-order valence-electron chi connectivity index (χ4n) is 0.856. The Hall–Kier alpha value is -0.480. The number of aliphatic carboxylic acids is 1. The van der Waals surface area contributed by atoms with E-state index < -0.39 is 18.2 Å². The molecule has 0 atom stereocenters. The lowest BCUT2D eigenvalue weighted by Crippen LogP contribution is -2.06. The van der Waals surface area contributed by atoms with Crippen molar-refractivity contribution in [2.75, 3.05) is 0 Å². The van der Waals surface area contributed by atoms with Gasteiger partial charge in [-0.1, -0.05) is 53.0 Å². The third-order valence-corrected chi connectivity index (χ3v) is 3.33.